The zero-order valence-electron chi connectivity index (χ0n) is 9.80. The van der Waals surface area contributed by atoms with E-state index in [1.165, 1.54) is 12.5 Å². The molecule has 1 saturated heterocycles. The normalized spacial score (nSPS) is 25.4. The Balaban J connectivity index is 2.07. The van der Waals surface area contributed by atoms with Crippen LogP contribution in [0.4, 0.5) is 4.39 Å². The summed E-state index contributed by atoms with van der Waals surface area (Å²) < 4.78 is 13.1. The molecule has 1 aliphatic rings. The van der Waals surface area contributed by atoms with Crippen LogP contribution in [0.15, 0.2) is 18.2 Å². The van der Waals surface area contributed by atoms with Crippen molar-refractivity contribution in [2.24, 2.45) is 5.92 Å². The second kappa shape index (κ2) is 5.68. The van der Waals surface area contributed by atoms with Gasteiger partial charge in [0, 0.05) is 17.9 Å². The number of rotatable bonds is 3. The average Bonchev–Trinajstić information content (AvgIpc) is 2.64. The van der Waals surface area contributed by atoms with E-state index in [1.807, 2.05) is 6.07 Å². The van der Waals surface area contributed by atoms with Crippen LogP contribution < -0.4 is 0 Å². The van der Waals surface area contributed by atoms with Crippen LogP contribution in [-0.2, 0) is 6.54 Å². The van der Waals surface area contributed by atoms with Crippen molar-refractivity contribution in [2.45, 2.75) is 25.9 Å². The molecule has 1 aliphatic heterocycles. The Morgan fingerprint density at radius 1 is 1.53 bits per heavy atom. The summed E-state index contributed by atoms with van der Waals surface area (Å²) in [6.45, 7) is 4.23. The summed E-state index contributed by atoms with van der Waals surface area (Å²) in [5, 5.41) is 1.20. The van der Waals surface area contributed by atoms with Crippen molar-refractivity contribution in [3.8, 4) is 0 Å². The Bertz CT molecular complexity index is 399. The molecule has 0 N–H and O–H groups in total. The molecule has 0 amide bonds. The lowest BCUT2D eigenvalue weighted by atomic mass is 10.0. The molecule has 0 radical (unpaired) electrons. The van der Waals surface area contributed by atoms with Crippen molar-refractivity contribution >= 4 is 27.5 Å². The molecule has 0 saturated carbocycles. The molecule has 1 heterocycles. The van der Waals surface area contributed by atoms with Crippen molar-refractivity contribution in [3.63, 3.8) is 0 Å². The number of alkyl halides is 1. The third kappa shape index (κ3) is 3.01. The fourth-order valence-electron chi connectivity index (χ4n) is 2.41. The van der Waals surface area contributed by atoms with Gasteiger partial charge in [0.05, 0.1) is 5.02 Å². The van der Waals surface area contributed by atoms with Gasteiger partial charge < -0.3 is 0 Å². The van der Waals surface area contributed by atoms with E-state index in [-0.39, 0.29) is 10.8 Å². The van der Waals surface area contributed by atoms with Gasteiger partial charge in [-0.25, -0.2) is 4.39 Å². The number of hydrogen-bond donors (Lipinski definition) is 0. The minimum Gasteiger partial charge on any atom is -0.295 e. The van der Waals surface area contributed by atoms with E-state index < -0.39 is 0 Å². The molecule has 0 aromatic heterocycles. The molecule has 0 aliphatic carbocycles. The van der Waals surface area contributed by atoms with Gasteiger partial charge in [-0.1, -0.05) is 40.5 Å². The second-order valence-electron chi connectivity index (χ2n) is 4.71. The van der Waals surface area contributed by atoms with Gasteiger partial charge in [0.25, 0.3) is 0 Å². The molecule has 2 rings (SSSR count). The zero-order valence-corrected chi connectivity index (χ0v) is 12.1. The molecule has 1 nitrogen and oxygen atoms in total. The first-order valence-electron chi connectivity index (χ1n) is 5.85. The molecule has 1 fully saturated rings. The number of hydrogen-bond acceptors (Lipinski definition) is 1. The minimum absolute atomic E-state index is 0.213. The van der Waals surface area contributed by atoms with Gasteiger partial charge in [-0.2, -0.15) is 0 Å². The summed E-state index contributed by atoms with van der Waals surface area (Å²) in [6.07, 6.45) is 1.23. The van der Waals surface area contributed by atoms with Crippen LogP contribution in [0.2, 0.25) is 5.02 Å². The standard InChI is InChI=1S/C13H16BrClFN/c1-9-4-5-17(13(9)7-14)8-10-2-3-12(16)11(15)6-10/h2-3,6,9,13H,4-5,7-8H2,1H3. The van der Waals surface area contributed by atoms with Crippen LogP contribution >= 0.6 is 27.5 Å². The van der Waals surface area contributed by atoms with Gasteiger partial charge >= 0.3 is 0 Å². The Morgan fingerprint density at radius 2 is 2.29 bits per heavy atom. The Kier molecular flexibility index (Phi) is 4.45. The van der Waals surface area contributed by atoms with Gasteiger partial charge in [0.2, 0.25) is 0 Å². The van der Waals surface area contributed by atoms with Crippen molar-refractivity contribution in [1.82, 2.24) is 4.90 Å². The number of benzene rings is 1. The highest BCUT2D eigenvalue weighted by Crippen LogP contribution is 2.27. The first-order valence-corrected chi connectivity index (χ1v) is 7.35. The van der Waals surface area contributed by atoms with E-state index in [4.69, 9.17) is 11.6 Å². The molecular formula is C13H16BrClFN. The van der Waals surface area contributed by atoms with Gasteiger partial charge in [0.15, 0.2) is 0 Å². The summed E-state index contributed by atoms with van der Waals surface area (Å²) in [4.78, 5) is 2.43. The highest BCUT2D eigenvalue weighted by Gasteiger charge is 2.29. The third-order valence-corrected chi connectivity index (χ3v) is 4.48. The maximum atomic E-state index is 13.1. The lowest BCUT2D eigenvalue weighted by Gasteiger charge is -2.25. The first kappa shape index (κ1) is 13.3. The number of nitrogens with zero attached hydrogens (tertiary/aromatic N) is 1. The molecule has 1 aromatic carbocycles. The van der Waals surface area contributed by atoms with E-state index in [0.29, 0.717) is 12.0 Å². The smallest absolute Gasteiger partial charge is 0.141 e. The molecule has 17 heavy (non-hydrogen) atoms. The van der Waals surface area contributed by atoms with E-state index in [9.17, 15) is 4.39 Å². The summed E-state index contributed by atoms with van der Waals surface area (Å²) in [5.41, 5.74) is 1.08. The Labute approximate surface area is 115 Å². The van der Waals surface area contributed by atoms with Crippen molar-refractivity contribution in [1.29, 1.82) is 0 Å². The summed E-state index contributed by atoms with van der Waals surface area (Å²) in [5.74, 6) is 0.368. The Hall–Kier alpha value is -0.120. The van der Waals surface area contributed by atoms with Crippen LogP contribution in [0.3, 0.4) is 0 Å². The quantitative estimate of drug-likeness (QED) is 0.758. The maximum Gasteiger partial charge on any atom is 0.141 e. The fraction of sp³-hybridized carbons (Fsp3) is 0.538. The molecule has 2 atom stereocenters. The minimum atomic E-state index is -0.345. The van der Waals surface area contributed by atoms with Crippen LogP contribution in [-0.4, -0.2) is 22.8 Å². The van der Waals surface area contributed by atoms with Crippen molar-refractivity contribution in [2.75, 3.05) is 11.9 Å². The summed E-state index contributed by atoms with van der Waals surface area (Å²) >= 11 is 9.36. The summed E-state index contributed by atoms with van der Waals surface area (Å²) in [7, 11) is 0. The third-order valence-electron chi connectivity index (χ3n) is 3.53. The second-order valence-corrected chi connectivity index (χ2v) is 5.76. The fourth-order valence-corrected chi connectivity index (χ4v) is 3.66. The molecule has 4 heteroatoms. The van der Waals surface area contributed by atoms with Crippen LogP contribution in [0.5, 0.6) is 0 Å². The predicted octanol–water partition coefficient (Wildman–Crippen LogP) is 4.08. The van der Waals surface area contributed by atoms with Gasteiger partial charge in [-0.3, -0.25) is 4.90 Å². The molecule has 0 bridgehead atoms. The molecule has 94 valence electrons. The van der Waals surface area contributed by atoms with Crippen LogP contribution in [0.1, 0.15) is 18.9 Å². The van der Waals surface area contributed by atoms with E-state index >= 15 is 0 Å². The number of halogens is 3. The lowest BCUT2D eigenvalue weighted by molar-refractivity contribution is 0.244. The van der Waals surface area contributed by atoms with E-state index in [1.54, 1.807) is 6.07 Å². The van der Waals surface area contributed by atoms with Gasteiger partial charge in [0.1, 0.15) is 5.82 Å². The first-order chi connectivity index (χ1) is 8.11. The molecule has 2 unspecified atom stereocenters. The highest BCUT2D eigenvalue weighted by molar-refractivity contribution is 9.09. The molecular weight excluding hydrogens is 305 g/mol. The maximum absolute atomic E-state index is 13.1. The molecule has 0 spiro atoms. The van der Waals surface area contributed by atoms with Crippen LogP contribution in [0, 0.1) is 11.7 Å². The van der Waals surface area contributed by atoms with Gasteiger partial charge in [-0.05, 0) is 36.6 Å². The number of likely N-dealkylation sites (tertiary alicyclic amines) is 1. The topological polar surface area (TPSA) is 3.24 Å². The van der Waals surface area contributed by atoms with Crippen molar-refractivity contribution in [3.05, 3.63) is 34.6 Å². The van der Waals surface area contributed by atoms with E-state index in [2.05, 4.69) is 27.8 Å². The van der Waals surface area contributed by atoms with E-state index in [0.717, 1.165) is 24.0 Å². The highest BCUT2D eigenvalue weighted by atomic mass is 79.9. The van der Waals surface area contributed by atoms with Crippen molar-refractivity contribution < 1.29 is 4.39 Å². The largest absolute Gasteiger partial charge is 0.295 e. The monoisotopic (exact) mass is 319 g/mol. The molecule has 1 aromatic rings. The Morgan fingerprint density at radius 3 is 2.94 bits per heavy atom. The predicted molar refractivity (Wildman–Crippen MR) is 73.2 cm³/mol. The lowest BCUT2D eigenvalue weighted by Crippen LogP contribution is -2.32. The average molecular weight is 321 g/mol. The van der Waals surface area contributed by atoms with Crippen LogP contribution in [0.25, 0.3) is 0 Å². The zero-order chi connectivity index (χ0) is 12.4. The summed E-state index contributed by atoms with van der Waals surface area (Å²) in [6, 6.07) is 5.56. The van der Waals surface area contributed by atoms with Gasteiger partial charge in [-0.15, -0.1) is 0 Å². The SMILES string of the molecule is CC1CCN(Cc2ccc(F)c(Cl)c2)C1CBr.